The molecule has 0 aromatic heterocycles. The monoisotopic (exact) mass is 266 g/mol. The number of aliphatic carboxylic acids is 1. The highest BCUT2D eigenvalue weighted by Crippen LogP contribution is 2.12. The molecule has 0 heterocycles. The van der Waals surface area contributed by atoms with Crippen molar-refractivity contribution in [1.82, 2.24) is 0 Å². The molecule has 0 saturated carbocycles. The van der Waals surface area contributed by atoms with Crippen LogP contribution in [0.15, 0.2) is 24.3 Å². The minimum Gasteiger partial charge on any atom is -0.493 e. The predicted octanol–water partition coefficient (Wildman–Crippen LogP) is 1.08. The van der Waals surface area contributed by atoms with Crippen molar-refractivity contribution in [2.75, 3.05) is 18.1 Å². The SMILES string of the molecule is N#Cc1ccc(OCCSC[C@H](N)C(=O)O)cc1. The molecular formula is C12H14N2O3S. The van der Waals surface area contributed by atoms with Crippen molar-refractivity contribution in [2.24, 2.45) is 5.73 Å². The Balaban J connectivity index is 2.18. The Morgan fingerprint density at radius 1 is 1.50 bits per heavy atom. The van der Waals surface area contributed by atoms with Crippen molar-refractivity contribution >= 4 is 17.7 Å². The van der Waals surface area contributed by atoms with Crippen molar-refractivity contribution in [1.29, 1.82) is 5.26 Å². The topological polar surface area (TPSA) is 96.3 Å². The number of ether oxygens (including phenoxy) is 1. The summed E-state index contributed by atoms with van der Waals surface area (Å²) in [5.74, 6) is 0.736. The Bertz CT molecular complexity index is 428. The van der Waals surface area contributed by atoms with Crippen LogP contribution in [-0.4, -0.2) is 35.2 Å². The van der Waals surface area contributed by atoms with E-state index < -0.39 is 12.0 Å². The van der Waals surface area contributed by atoms with Crippen LogP contribution in [0.5, 0.6) is 5.75 Å². The van der Waals surface area contributed by atoms with Gasteiger partial charge in [0.05, 0.1) is 18.2 Å². The van der Waals surface area contributed by atoms with Gasteiger partial charge in [-0.2, -0.15) is 17.0 Å². The summed E-state index contributed by atoms with van der Waals surface area (Å²) in [6.07, 6.45) is 0. The van der Waals surface area contributed by atoms with Crippen LogP contribution in [0.3, 0.4) is 0 Å². The molecule has 96 valence electrons. The van der Waals surface area contributed by atoms with E-state index >= 15 is 0 Å². The molecule has 0 bridgehead atoms. The van der Waals surface area contributed by atoms with Gasteiger partial charge in [-0.15, -0.1) is 0 Å². The summed E-state index contributed by atoms with van der Waals surface area (Å²) in [6, 6.07) is 8.02. The van der Waals surface area contributed by atoms with E-state index in [2.05, 4.69) is 0 Å². The second kappa shape index (κ2) is 7.58. The van der Waals surface area contributed by atoms with E-state index in [9.17, 15) is 4.79 Å². The van der Waals surface area contributed by atoms with Crippen molar-refractivity contribution in [2.45, 2.75) is 6.04 Å². The summed E-state index contributed by atoms with van der Waals surface area (Å²) in [6.45, 7) is 0.475. The summed E-state index contributed by atoms with van der Waals surface area (Å²) in [7, 11) is 0. The highest BCUT2D eigenvalue weighted by Gasteiger charge is 2.10. The summed E-state index contributed by atoms with van der Waals surface area (Å²) < 4.78 is 5.43. The number of hydrogen-bond donors (Lipinski definition) is 2. The van der Waals surface area contributed by atoms with Gasteiger partial charge in [0, 0.05) is 11.5 Å². The minimum atomic E-state index is -0.990. The van der Waals surface area contributed by atoms with Crippen molar-refractivity contribution in [3.8, 4) is 11.8 Å². The molecule has 18 heavy (non-hydrogen) atoms. The van der Waals surface area contributed by atoms with Gasteiger partial charge in [0.2, 0.25) is 0 Å². The molecule has 6 heteroatoms. The molecule has 0 saturated heterocycles. The lowest BCUT2D eigenvalue weighted by molar-refractivity contribution is -0.137. The molecular weight excluding hydrogens is 252 g/mol. The highest BCUT2D eigenvalue weighted by atomic mass is 32.2. The fourth-order valence-electron chi connectivity index (χ4n) is 1.13. The lowest BCUT2D eigenvalue weighted by atomic mass is 10.2. The molecule has 3 N–H and O–H groups in total. The fourth-order valence-corrected chi connectivity index (χ4v) is 1.89. The zero-order valence-corrected chi connectivity index (χ0v) is 10.5. The lowest BCUT2D eigenvalue weighted by Gasteiger charge is -2.07. The van der Waals surface area contributed by atoms with Crippen LogP contribution in [0, 0.1) is 11.3 Å². The molecule has 0 spiro atoms. The largest absolute Gasteiger partial charge is 0.493 e. The molecule has 0 radical (unpaired) electrons. The van der Waals surface area contributed by atoms with E-state index in [0.29, 0.717) is 29.4 Å². The quantitative estimate of drug-likeness (QED) is 0.717. The summed E-state index contributed by atoms with van der Waals surface area (Å²) >= 11 is 1.43. The molecule has 0 aliphatic rings. The van der Waals surface area contributed by atoms with Gasteiger partial charge in [0.15, 0.2) is 0 Å². The van der Waals surface area contributed by atoms with Gasteiger partial charge in [-0.05, 0) is 24.3 Å². The number of carbonyl (C=O) groups is 1. The molecule has 0 amide bonds. The molecule has 1 aromatic carbocycles. The number of hydrogen-bond acceptors (Lipinski definition) is 5. The molecule has 0 unspecified atom stereocenters. The van der Waals surface area contributed by atoms with E-state index in [1.807, 2.05) is 6.07 Å². The van der Waals surface area contributed by atoms with Gasteiger partial charge >= 0.3 is 5.97 Å². The van der Waals surface area contributed by atoms with Gasteiger partial charge in [-0.1, -0.05) is 0 Å². The van der Waals surface area contributed by atoms with Crippen LogP contribution in [-0.2, 0) is 4.79 Å². The summed E-state index contributed by atoms with van der Waals surface area (Å²) in [5, 5.41) is 17.2. The zero-order valence-electron chi connectivity index (χ0n) is 9.70. The maximum atomic E-state index is 10.4. The molecule has 0 aliphatic heterocycles. The number of rotatable bonds is 7. The number of nitrogens with two attached hydrogens (primary N) is 1. The van der Waals surface area contributed by atoms with E-state index in [4.69, 9.17) is 20.8 Å². The first kappa shape index (κ1) is 14.4. The zero-order chi connectivity index (χ0) is 13.4. The fraction of sp³-hybridized carbons (Fsp3) is 0.333. The number of thioether (sulfide) groups is 1. The predicted molar refractivity (Wildman–Crippen MR) is 69.6 cm³/mol. The van der Waals surface area contributed by atoms with Gasteiger partial charge in [-0.3, -0.25) is 4.79 Å². The van der Waals surface area contributed by atoms with Crippen LogP contribution in [0.1, 0.15) is 5.56 Å². The highest BCUT2D eigenvalue weighted by molar-refractivity contribution is 7.99. The lowest BCUT2D eigenvalue weighted by Crippen LogP contribution is -2.32. The van der Waals surface area contributed by atoms with Crippen molar-refractivity contribution in [3.05, 3.63) is 29.8 Å². The van der Waals surface area contributed by atoms with Gasteiger partial charge in [-0.25, -0.2) is 0 Å². The van der Waals surface area contributed by atoms with Gasteiger partial charge in [0.25, 0.3) is 0 Å². The van der Waals surface area contributed by atoms with Gasteiger partial charge < -0.3 is 15.6 Å². The number of benzene rings is 1. The maximum absolute atomic E-state index is 10.4. The average Bonchev–Trinajstić information content (AvgIpc) is 2.38. The number of nitrogens with zero attached hydrogens (tertiary/aromatic N) is 1. The number of carboxylic acid groups (broad SMARTS) is 1. The average molecular weight is 266 g/mol. The third-order valence-corrected chi connectivity index (χ3v) is 3.14. The third-order valence-electron chi connectivity index (χ3n) is 2.09. The molecule has 1 rings (SSSR count). The van der Waals surface area contributed by atoms with E-state index in [0.717, 1.165) is 0 Å². The minimum absolute atomic E-state index is 0.367. The molecule has 0 aliphatic carbocycles. The van der Waals surface area contributed by atoms with E-state index in [1.54, 1.807) is 24.3 Å². The van der Waals surface area contributed by atoms with Gasteiger partial charge in [0.1, 0.15) is 11.8 Å². The van der Waals surface area contributed by atoms with Crippen molar-refractivity contribution in [3.63, 3.8) is 0 Å². The van der Waals surface area contributed by atoms with E-state index in [-0.39, 0.29) is 0 Å². The Kier molecular flexibility index (Phi) is 6.05. The molecule has 1 atom stereocenters. The van der Waals surface area contributed by atoms with E-state index in [1.165, 1.54) is 11.8 Å². The Morgan fingerprint density at radius 3 is 2.72 bits per heavy atom. The smallest absolute Gasteiger partial charge is 0.321 e. The third kappa shape index (κ3) is 5.08. The first-order valence-corrected chi connectivity index (χ1v) is 6.48. The Hall–Kier alpha value is -1.71. The first-order chi connectivity index (χ1) is 8.63. The Morgan fingerprint density at radius 2 is 2.17 bits per heavy atom. The molecule has 1 aromatic rings. The van der Waals surface area contributed by atoms with Crippen LogP contribution in [0.25, 0.3) is 0 Å². The second-order valence-electron chi connectivity index (χ2n) is 3.50. The number of nitriles is 1. The Labute approximate surface area is 110 Å². The van der Waals surface area contributed by atoms with Crippen molar-refractivity contribution < 1.29 is 14.6 Å². The summed E-state index contributed by atoms with van der Waals surface area (Å²) in [5.41, 5.74) is 5.94. The maximum Gasteiger partial charge on any atom is 0.321 e. The van der Waals surface area contributed by atoms with Crippen LogP contribution < -0.4 is 10.5 Å². The van der Waals surface area contributed by atoms with Crippen LogP contribution in [0.2, 0.25) is 0 Å². The normalized spacial score (nSPS) is 11.6. The van der Waals surface area contributed by atoms with Crippen LogP contribution >= 0.6 is 11.8 Å². The standard InChI is InChI=1S/C12H14N2O3S/c13-7-9-1-3-10(4-2-9)17-5-6-18-8-11(14)12(15)16/h1-4,11H,5-6,8,14H2,(H,15,16)/t11-/m0/s1. The van der Waals surface area contributed by atoms with Crippen LogP contribution in [0.4, 0.5) is 0 Å². The molecule has 0 fully saturated rings. The number of carboxylic acids is 1. The molecule has 5 nitrogen and oxygen atoms in total. The first-order valence-electron chi connectivity index (χ1n) is 5.32. The second-order valence-corrected chi connectivity index (χ2v) is 4.65. The summed E-state index contributed by atoms with van der Waals surface area (Å²) in [4.78, 5) is 10.4.